The van der Waals surface area contributed by atoms with E-state index in [2.05, 4.69) is 10.2 Å². The van der Waals surface area contributed by atoms with Crippen LogP contribution in [-0.4, -0.2) is 36.2 Å². The Labute approximate surface area is 158 Å². The highest BCUT2D eigenvalue weighted by molar-refractivity contribution is 7.86. The van der Waals surface area contributed by atoms with Crippen molar-refractivity contribution in [1.82, 2.24) is 0 Å². The fourth-order valence-corrected chi connectivity index (χ4v) is 3.57. The molecule has 3 aromatic rings. The number of rotatable bonds is 4. The number of para-hydroxylation sites is 1. The van der Waals surface area contributed by atoms with Crippen molar-refractivity contribution in [2.75, 3.05) is 0 Å². The first-order valence-electron chi connectivity index (χ1n) is 7.43. The lowest BCUT2D eigenvalue weighted by Gasteiger charge is -2.09. The van der Waals surface area contributed by atoms with Gasteiger partial charge < -0.3 is 10.2 Å². The number of phenolic OH excluding ortho intramolecular Hbond substituents is 2. The van der Waals surface area contributed by atoms with Crippen LogP contribution in [0.4, 0.5) is 11.4 Å². The molecule has 10 nitrogen and oxygen atoms in total. The van der Waals surface area contributed by atoms with Gasteiger partial charge in [0.25, 0.3) is 20.2 Å². The van der Waals surface area contributed by atoms with Crippen molar-refractivity contribution in [1.29, 1.82) is 0 Å². The fourth-order valence-electron chi connectivity index (χ4n) is 2.44. The van der Waals surface area contributed by atoms with Crippen LogP contribution in [0.1, 0.15) is 0 Å². The molecule has 0 unspecified atom stereocenters. The van der Waals surface area contributed by atoms with Gasteiger partial charge in [0.15, 0.2) is 5.75 Å². The van der Waals surface area contributed by atoms with Gasteiger partial charge in [0.05, 0.1) is 4.90 Å². The molecule has 0 bridgehead atoms. The molecule has 0 aromatic heterocycles. The number of azo groups is 1. The van der Waals surface area contributed by atoms with Crippen LogP contribution in [0.25, 0.3) is 10.8 Å². The van der Waals surface area contributed by atoms with E-state index in [1.807, 2.05) is 0 Å². The van der Waals surface area contributed by atoms with Crippen LogP contribution in [0.5, 0.6) is 11.5 Å². The van der Waals surface area contributed by atoms with E-state index in [0.717, 1.165) is 18.2 Å². The number of benzene rings is 3. The van der Waals surface area contributed by atoms with Crippen LogP contribution >= 0.6 is 0 Å². The zero-order chi connectivity index (χ0) is 20.7. The molecule has 0 saturated carbocycles. The molecule has 0 atom stereocenters. The van der Waals surface area contributed by atoms with E-state index in [4.69, 9.17) is 4.55 Å². The number of phenols is 2. The number of aromatic hydroxyl groups is 2. The first-order valence-corrected chi connectivity index (χ1v) is 10.3. The van der Waals surface area contributed by atoms with Crippen LogP contribution in [0.3, 0.4) is 0 Å². The second-order valence-corrected chi connectivity index (χ2v) is 8.41. The Hall–Kier alpha value is -3.06. The summed E-state index contributed by atoms with van der Waals surface area (Å²) in [6.07, 6.45) is 0. The van der Waals surface area contributed by atoms with Crippen molar-refractivity contribution >= 4 is 42.4 Å². The highest BCUT2D eigenvalue weighted by Gasteiger charge is 2.23. The van der Waals surface area contributed by atoms with Gasteiger partial charge in [-0.25, -0.2) is 0 Å². The van der Waals surface area contributed by atoms with Crippen molar-refractivity contribution in [3.63, 3.8) is 0 Å². The third kappa shape index (κ3) is 3.80. The van der Waals surface area contributed by atoms with Crippen molar-refractivity contribution in [2.45, 2.75) is 9.79 Å². The smallest absolute Gasteiger partial charge is 0.298 e. The summed E-state index contributed by atoms with van der Waals surface area (Å²) < 4.78 is 64.3. The molecule has 3 aromatic carbocycles. The summed E-state index contributed by atoms with van der Waals surface area (Å²) in [6, 6.07) is 9.79. The Kier molecular flexibility index (Phi) is 4.81. The summed E-state index contributed by atoms with van der Waals surface area (Å²) in [5.74, 6) is -1.15. The van der Waals surface area contributed by atoms with Crippen LogP contribution in [0, 0.1) is 0 Å². The van der Waals surface area contributed by atoms with Gasteiger partial charge in [-0.3, -0.25) is 9.11 Å². The van der Waals surface area contributed by atoms with Crippen LogP contribution < -0.4 is 0 Å². The lowest BCUT2D eigenvalue weighted by molar-refractivity contribution is 0.445. The van der Waals surface area contributed by atoms with Crippen LogP contribution in [-0.2, 0) is 20.2 Å². The highest BCUT2D eigenvalue weighted by Crippen LogP contribution is 2.42. The predicted molar refractivity (Wildman–Crippen MR) is 97.5 cm³/mol. The van der Waals surface area contributed by atoms with E-state index >= 15 is 0 Å². The van der Waals surface area contributed by atoms with Crippen LogP contribution in [0.2, 0.25) is 0 Å². The summed E-state index contributed by atoms with van der Waals surface area (Å²) in [5.41, 5.74) is -0.378. The third-order valence-electron chi connectivity index (χ3n) is 3.74. The zero-order valence-corrected chi connectivity index (χ0v) is 15.4. The standard InChI is InChI=1S/C16H12N2O8S2/c19-13-4-2-1-3-12(13)17-18-15-11-6-5-10(27(21,22)23)7-9(11)8-14(16(15)20)28(24,25)26/h1-8,19-20H,(H,21,22,23)(H,24,25,26). The third-order valence-corrected chi connectivity index (χ3v) is 5.45. The molecule has 0 fully saturated rings. The molecule has 146 valence electrons. The minimum absolute atomic E-state index is 0.0156. The molecule has 0 spiro atoms. The maximum atomic E-state index is 11.6. The minimum Gasteiger partial charge on any atom is -0.506 e. The van der Waals surface area contributed by atoms with Crippen molar-refractivity contribution < 1.29 is 36.2 Å². The van der Waals surface area contributed by atoms with E-state index in [9.17, 15) is 31.6 Å². The Morgan fingerprint density at radius 2 is 1.46 bits per heavy atom. The average molecular weight is 424 g/mol. The van der Waals surface area contributed by atoms with E-state index in [0.29, 0.717) is 0 Å². The van der Waals surface area contributed by atoms with E-state index < -0.39 is 41.5 Å². The van der Waals surface area contributed by atoms with Crippen LogP contribution in [0.15, 0.2) is 68.6 Å². The zero-order valence-electron chi connectivity index (χ0n) is 13.8. The first kappa shape index (κ1) is 19.7. The summed E-state index contributed by atoms with van der Waals surface area (Å²) in [4.78, 5) is -1.46. The fraction of sp³-hybridized carbons (Fsp3) is 0. The van der Waals surface area contributed by atoms with Gasteiger partial charge in [0, 0.05) is 5.39 Å². The normalized spacial score (nSPS) is 12.6. The molecule has 0 amide bonds. The molecule has 0 aliphatic heterocycles. The summed E-state index contributed by atoms with van der Waals surface area (Å²) in [7, 11) is -9.49. The Balaban J connectivity index is 2.33. The molecule has 28 heavy (non-hydrogen) atoms. The average Bonchev–Trinajstić information content (AvgIpc) is 2.59. The molecule has 4 N–H and O–H groups in total. The molecule has 0 aliphatic rings. The topological polar surface area (TPSA) is 174 Å². The Morgan fingerprint density at radius 1 is 0.786 bits per heavy atom. The largest absolute Gasteiger partial charge is 0.506 e. The molecule has 12 heteroatoms. The Bertz CT molecular complexity index is 1330. The van der Waals surface area contributed by atoms with Crippen molar-refractivity contribution in [3.8, 4) is 11.5 Å². The molecular formula is C16H12N2O8S2. The summed E-state index contributed by atoms with van der Waals surface area (Å²) in [5, 5.41) is 27.5. The van der Waals surface area contributed by atoms with Gasteiger partial charge in [-0.05, 0) is 35.7 Å². The highest BCUT2D eigenvalue weighted by atomic mass is 32.2. The SMILES string of the molecule is O=S(=O)(O)c1ccc2c(N=Nc3ccccc3O)c(O)c(S(=O)(=O)O)cc2c1. The van der Waals surface area contributed by atoms with E-state index in [1.165, 1.54) is 24.3 Å². The van der Waals surface area contributed by atoms with Gasteiger partial charge in [-0.1, -0.05) is 18.2 Å². The molecule has 0 aliphatic carbocycles. The lowest BCUT2D eigenvalue weighted by Crippen LogP contribution is -2.00. The number of hydrogen-bond donors (Lipinski definition) is 4. The number of nitrogens with zero attached hydrogens (tertiary/aromatic N) is 2. The quantitative estimate of drug-likeness (QED) is 0.365. The predicted octanol–water partition coefficient (Wildman–Crippen LogP) is 3.16. The molecule has 0 saturated heterocycles. The monoisotopic (exact) mass is 424 g/mol. The maximum Gasteiger partial charge on any atom is 0.298 e. The van der Waals surface area contributed by atoms with E-state index in [1.54, 1.807) is 6.07 Å². The van der Waals surface area contributed by atoms with Gasteiger partial charge in [0.1, 0.15) is 22.0 Å². The molecule has 3 rings (SSSR count). The number of fused-ring (bicyclic) bond motifs is 1. The number of hydrogen-bond acceptors (Lipinski definition) is 8. The summed E-state index contributed by atoms with van der Waals surface area (Å²) >= 11 is 0. The van der Waals surface area contributed by atoms with E-state index in [-0.39, 0.29) is 22.2 Å². The maximum absolute atomic E-state index is 11.6. The van der Waals surface area contributed by atoms with Gasteiger partial charge >= 0.3 is 0 Å². The Morgan fingerprint density at radius 3 is 2.07 bits per heavy atom. The van der Waals surface area contributed by atoms with Gasteiger partial charge in [-0.15, -0.1) is 10.2 Å². The second-order valence-electron chi connectivity index (χ2n) is 5.59. The molecule has 0 radical (unpaired) electrons. The lowest BCUT2D eigenvalue weighted by atomic mass is 10.1. The van der Waals surface area contributed by atoms with Crippen molar-refractivity contribution in [3.05, 3.63) is 48.5 Å². The molecular weight excluding hydrogens is 412 g/mol. The first-order chi connectivity index (χ1) is 13.0. The molecule has 0 heterocycles. The van der Waals surface area contributed by atoms with Crippen molar-refractivity contribution in [2.24, 2.45) is 10.2 Å². The second kappa shape index (κ2) is 6.83. The van der Waals surface area contributed by atoms with Gasteiger partial charge in [0.2, 0.25) is 0 Å². The minimum atomic E-state index is -4.90. The van der Waals surface area contributed by atoms with Gasteiger partial charge in [-0.2, -0.15) is 16.8 Å². The summed E-state index contributed by atoms with van der Waals surface area (Å²) in [6.45, 7) is 0.